The molecule has 0 saturated carbocycles. The van der Waals surface area contributed by atoms with Gasteiger partial charge in [-0.25, -0.2) is 4.39 Å². The van der Waals surface area contributed by atoms with Gasteiger partial charge in [-0.3, -0.25) is 25.2 Å². The number of hydrogen-bond donors (Lipinski definition) is 0. The summed E-state index contributed by atoms with van der Waals surface area (Å²) in [5.74, 6) is 3.62. The monoisotopic (exact) mass is 766 g/mol. The Morgan fingerprint density at radius 3 is 2.26 bits per heavy atom. The number of thiol groups is 2. The largest absolute Gasteiger partial charge is 0.545 e. The Balaban J connectivity index is 0. The molecule has 2 aliphatic heterocycles. The first-order valence-corrected chi connectivity index (χ1v) is 19.5. The van der Waals surface area contributed by atoms with E-state index in [0.29, 0.717) is 36.9 Å². The molecule has 3 rings (SSSR count). The van der Waals surface area contributed by atoms with Crippen LogP contribution in [0.3, 0.4) is 0 Å². The predicted molar refractivity (Wildman–Crippen MR) is 145 cm³/mol. The summed E-state index contributed by atoms with van der Waals surface area (Å²) in [6, 6.07) is 7.96. The maximum atomic E-state index is 13.3. The summed E-state index contributed by atoms with van der Waals surface area (Å²) in [6.45, 7) is 10.2. The molecular formula is C24H35BrFNO5ReS2-. The van der Waals surface area contributed by atoms with Gasteiger partial charge in [-0.15, -0.1) is 0 Å². The van der Waals surface area contributed by atoms with Crippen LogP contribution in [0.15, 0.2) is 24.3 Å². The SMILES string of the molecule is C[SH+]CC[SH+]CCC(=O)OC[C@@H]1C2CCC(C[C@@H]1c1ccc(F)cc1)N2C.[Br][Re].[CH-]=O.[CH-]=O.[CH-]=O. The Bertz CT molecular complexity index is 675. The van der Waals surface area contributed by atoms with E-state index in [1.165, 1.54) is 58.4 Å². The van der Waals surface area contributed by atoms with Gasteiger partial charge in [0.15, 0.2) is 0 Å². The Kier molecular flexibility index (Phi) is 24.9. The van der Waals surface area contributed by atoms with E-state index in [4.69, 9.17) is 19.1 Å². The zero-order chi connectivity index (χ0) is 27.2. The standard InChI is InChI=1S/C21H30FNO2S2.3CHO.BrH.Re/c1-23-17-7-8-20(23)19(14-25-21(24)9-10-27-12-11-26-2)18(13-17)15-3-5-16(22)6-4-15;3*1-2;;/h3-6,17-20H,7-14H2,1-2H3;3*1H;1H;/q;3*-1;;+1/p+1/t17?,18-,19+,20?;;;;;/m1...../s1. The van der Waals surface area contributed by atoms with Crippen LogP contribution in [0.25, 0.3) is 0 Å². The molecule has 0 radical (unpaired) electrons. The molecule has 1 aromatic carbocycles. The number of esters is 1. The molecule has 0 aromatic heterocycles. The van der Waals surface area contributed by atoms with Gasteiger partial charge in [0.25, 0.3) is 0 Å². The van der Waals surface area contributed by atoms with E-state index < -0.39 is 0 Å². The fraction of sp³-hybridized carbons (Fsp3) is 0.583. The summed E-state index contributed by atoms with van der Waals surface area (Å²) in [5.41, 5.74) is 1.18. The molecule has 0 amide bonds. The number of piperidine rings is 1. The molecule has 11 heteroatoms. The van der Waals surface area contributed by atoms with Crippen molar-refractivity contribution in [2.45, 2.75) is 43.7 Å². The summed E-state index contributed by atoms with van der Waals surface area (Å²) >= 11 is 7.29. The van der Waals surface area contributed by atoms with Crippen LogP contribution in [0.1, 0.15) is 37.2 Å². The molecule has 1 aromatic rings. The number of ether oxygens (including phenoxy) is 1. The topological polar surface area (TPSA) is 80.8 Å². The molecule has 2 bridgehead atoms. The van der Waals surface area contributed by atoms with Crippen molar-refractivity contribution in [3.05, 3.63) is 35.6 Å². The molecule has 2 saturated heterocycles. The second-order valence-electron chi connectivity index (χ2n) is 7.67. The van der Waals surface area contributed by atoms with Gasteiger partial charge in [0.2, 0.25) is 0 Å². The van der Waals surface area contributed by atoms with Crippen LogP contribution in [0.2, 0.25) is 0 Å². The molecule has 2 fully saturated rings. The maximum absolute atomic E-state index is 13.3. The van der Waals surface area contributed by atoms with Gasteiger partial charge in [0, 0.05) is 18.0 Å². The first kappa shape index (κ1) is 36.6. The van der Waals surface area contributed by atoms with E-state index in [1.54, 1.807) is 12.1 Å². The average Bonchev–Trinajstić information content (AvgIpc) is 3.16. The minimum absolute atomic E-state index is 0.0721. The molecule has 2 aliphatic rings. The Morgan fingerprint density at radius 2 is 1.69 bits per heavy atom. The van der Waals surface area contributed by atoms with Crippen molar-refractivity contribution < 1.29 is 45.5 Å². The van der Waals surface area contributed by atoms with Crippen molar-refractivity contribution in [3.63, 3.8) is 0 Å². The van der Waals surface area contributed by atoms with E-state index in [0.717, 1.165) is 24.3 Å². The van der Waals surface area contributed by atoms with Crippen LogP contribution in [0.5, 0.6) is 0 Å². The van der Waals surface area contributed by atoms with Crippen molar-refractivity contribution >= 4 is 63.3 Å². The molecule has 6 nitrogen and oxygen atoms in total. The number of carbonyl (C=O) groups excluding carboxylic acids is 4. The predicted octanol–water partition coefficient (Wildman–Crippen LogP) is 2.61. The Labute approximate surface area is 234 Å². The molecule has 2 unspecified atom stereocenters. The molecule has 0 aliphatic carbocycles. The second-order valence-corrected chi connectivity index (χ2v) is 10.1. The normalized spacial score (nSPS) is 21.9. The van der Waals surface area contributed by atoms with Crippen LogP contribution >= 0.6 is 13.4 Å². The number of nitrogens with zero attached hydrogens (tertiary/aromatic N) is 1. The van der Waals surface area contributed by atoms with Gasteiger partial charge < -0.3 is 24.0 Å². The quantitative estimate of drug-likeness (QED) is 0.0962. The molecule has 200 valence electrons. The van der Waals surface area contributed by atoms with Gasteiger partial charge in [0.1, 0.15) is 23.1 Å². The van der Waals surface area contributed by atoms with Gasteiger partial charge in [0.05, 0.1) is 19.3 Å². The number of benzene rings is 1. The summed E-state index contributed by atoms with van der Waals surface area (Å²) in [6.07, 6.45) is 6.11. The number of rotatable bonds is 9. The van der Waals surface area contributed by atoms with Crippen molar-refractivity contribution in [1.82, 2.24) is 4.90 Å². The Morgan fingerprint density at radius 1 is 1.09 bits per heavy atom. The van der Waals surface area contributed by atoms with Crippen molar-refractivity contribution in [3.8, 4) is 0 Å². The van der Waals surface area contributed by atoms with E-state index in [9.17, 15) is 9.18 Å². The van der Waals surface area contributed by atoms with E-state index in [1.807, 2.05) is 12.1 Å². The zero-order valence-electron chi connectivity index (χ0n) is 20.0. The number of hydrogen-bond acceptors (Lipinski definition) is 6. The molecule has 0 spiro atoms. The number of carbonyl (C=O) groups is 1. The second kappa shape index (κ2) is 23.8. The molecule has 0 N–H and O–H groups in total. The maximum Gasteiger partial charge on any atom is -0.282 e. The third-order valence-corrected chi connectivity index (χ3v) is 8.23. The summed E-state index contributed by atoms with van der Waals surface area (Å²) < 4.78 is 19.1. The van der Waals surface area contributed by atoms with Crippen LogP contribution in [0, 0.1) is 11.7 Å². The smallest absolute Gasteiger partial charge is 0.282 e. The first-order valence-electron chi connectivity index (χ1n) is 10.8. The van der Waals surface area contributed by atoms with E-state index >= 15 is 0 Å². The molecule has 4 atom stereocenters. The summed E-state index contributed by atoms with van der Waals surface area (Å²) in [7, 11) is 2.20. The minimum Gasteiger partial charge on any atom is -0.545 e. The van der Waals surface area contributed by atoms with Crippen LogP contribution < -0.4 is 0 Å². The van der Waals surface area contributed by atoms with Crippen molar-refractivity contribution in [2.24, 2.45) is 5.92 Å². The summed E-state index contributed by atoms with van der Waals surface area (Å²) in [4.78, 5) is 37.9. The number of fused-ring (bicyclic) bond motifs is 2. The number of halogens is 2. The third-order valence-electron chi connectivity index (χ3n) is 6.12. The molecular weight excluding hydrogens is 732 g/mol. The average molecular weight is 767 g/mol. The molecule has 35 heavy (non-hydrogen) atoms. The van der Waals surface area contributed by atoms with Gasteiger partial charge in [-0.2, -0.15) is 0 Å². The van der Waals surface area contributed by atoms with Crippen LogP contribution in [0.4, 0.5) is 4.39 Å². The van der Waals surface area contributed by atoms with Crippen molar-refractivity contribution in [1.29, 1.82) is 0 Å². The van der Waals surface area contributed by atoms with Gasteiger partial charge >= 0.3 is 36.6 Å². The summed E-state index contributed by atoms with van der Waals surface area (Å²) in [5, 5.41) is 0. The van der Waals surface area contributed by atoms with E-state index in [-0.39, 0.29) is 11.8 Å². The Hall–Kier alpha value is -0.568. The van der Waals surface area contributed by atoms with Crippen molar-refractivity contribution in [2.75, 3.05) is 37.2 Å². The molecule has 2 heterocycles. The first-order chi connectivity index (χ1) is 17.1. The fourth-order valence-electron chi connectivity index (χ4n) is 4.61. The van der Waals surface area contributed by atoms with Gasteiger partial charge in [-0.05, 0) is 73.4 Å². The minimum atomic E-state index is -0.195. The van der Waals surface area contributed by atoms with Crippen LogP contribution in [-0.2, 0) is 64.6 Å². The third kappa shape index (κ3) is 13.0. The van der Waals surface area contributed by atoms with Gasteiger partial charge in [-0.1, -0.05) is 12.1 Å². The fourth-order valence-corrected chi connectivity index (χ4v) is 6.54. The van der Waals surface area contributed by atoms with E-state index in [2.05, 4.69) is 52.0 Å². The van der Waals surface area contributed by atoms with Crippen LogP contribution in [-0.4, -0.2) is 80.5 Å². The zero-order valence-corrected chi connectivity index (χ0v) is 26.1.